The maximum absolute atomic E-state index is 11.4. The lowest BCUT2D eigenvalue weighted by Crippen LogP contribution is -2.31. The molecule has 0 spiro atoms. The minimum Gasteiger partial charge on any atom is -0.410 e. The molecule has 1 aromatic rings. The lowest BCUT2D eigenvalue weighted by Gasteiger charge is -2.07. The molecule has 1 aromatic carbocycles. The first-order chi connectivity index (χ1) is 10.2. The van der Waals surface area contributed by atoms with Gasteiger partial charge in [-0.1, -0.05) is 37.4 Å². The van der Waals surface area contributed by atoms with Crippen LogP contribution in [-0.4, -0.2) is 19.2 Å². The van der Waals surface area contributed by atoms with Crippen molar-refractivity contribution in [3.63, 3.8) is 0 Å². The second-order valence-corrected chi connectivity index (χ2v) is 5.10. The number of nitrogens with two attached hydrogens (primary N) is 1. The van der Waals surface area contributed by atoms with Crippen molar-refractivity contribution >= 4 is 17.9 Å². The fourth-order valence-electron chi connectivity index (χ4n) is 1.43. The smallest absolute Gasteiger partial charge is 0.410 e. The molecule has 0 fully saturated rings. The number of allylic oxidation sites excluding steroid dienone is 3. The number of ether oxygens (including phenoxy) is 1. The molecule has 0 saturated carbocycles. The van der Waals surface area contributed by atoms with Crippen LogP contribution >= 0.6 is 11.8 Å². The lowest BCUT2D eigenvalue weighted by atomic mass is 10.2. The minimum atomic E-state index is -0.495. The molecule has 0 heterocycles. The molecule has 5 heteroatoms. The van der Waals surface area contributed by atoms with Crippen LogP contribution in [0, 0.1) is 0 Å². The predicted molar refractivity (Wildman–Crippen MR) is 89.3 cm³/mol. The van der Waals surface area contributed by atoms with Gasteiger partial charge in [0.1, 0.15) is 5.75 Å². The molecule has 0 atom stereocenters. The van der Waals surface area contributed by atoms with Crippen LogP contribution in [0.3, 0.4) is 0 Å². The van der Waals surface area contributed by atoms with E-state index in [1.54, 1.807) is 36.0 Å². The maximum Gasteiger partial charge on any atom is 0.412 e. The molecule has 3 N–H and O–H groups in total. The average Bonchev–Trinajstić information content (AvgIpc) is 2.50. The highest BCUT2D eigenvalue weighted by molar-refractivity contribution is 8.02. The van der Waals surface area contributed by atoms with Crippen molar-refractivity contribution < 1.29 is 9.53 Å². The molecule has 0 unspecified atom stereocenters. The molecule has 4 nitrogen and oxygen atoms in total. The molecular formula is C16H20N2O2S. The van der Waals surface area contributed by atoms with Crippen molar-refractivity contribution in [2.24, 2.45) is 5.73 Å². The van der Waals surface area contributed by atoms with E-state index in [1.165, 1.54) is 0 Å². The zero-order valence-electron chi connectivity index (χ0n) is 11.9. The van der Waals surface area contributed by atoms with Gasteiger partial charge in [-0.3, -0.25) is 0 Å². The maximum atomic E-state index is 11.4. The van der Waals surface area contributed by atoms with Crippen LogP contribution in [0.15, 0.2) is 60.6 Å². The van der Waals surface area contributed by atoms with E-state index in [9.17, 15) is 4.79 Å². The topological polar surface area (TPSA) is 64.3 Å². The lowest BCUT2D eigenvalue weighted by molar-refractivity contribution is 0.201. The van der Waals surface area contributed by atoms with Gasteiger partial charge in [0.2, 0.25) is 0 Å². The van der Waals surface area contributed by atoms with Gasteiger partial charge >= 0.3 is 6.09 Å². The number of thioether (sulfide) groups is 1. The summed E-state index contributed by atoms with van der Waals surface area (Å²) in [7, 11) is 0. The number of hydrogen-bond donors (Lipinski definition) is 2. The van der Waals surface area contributed by atoms with Crippen molar-refractivity contribution in [2.45, 2.75) is 5.75 Å². The zero-order valence-corrected chi connectivity index (χ0v) is 12.7. The molecule has 112 valence electrons. The Bertz CT molecular complexity index is 510. The Hall–Kier alpha value is -1.98. The molecule has 21 heavy (non-hydrogen) atoms. The van der Waals surface area contributed by atoms with E-state index in [0.717, 1.165) is 16.2 Å². The highest BCUT2D eigenvalue weighted by Gasteiger charge is 2.03. The molecule has 1 amide bonds. The molecule has 0 saturated heterocycles. The van der Waals surface area contributed by atoms with Crippen molar-refractivity contribution in [2.75, 3.05) is 13.1 Å². The van der Waals surface area contributed by atoms with Crippen LogP contribution in [0.1, 0.15) is 5.56 Å². The van der Waals surface area contributed by atoms with Crippen LogP contribution in [0.5, 0.6) is 5.75 Å². The first kappa shape index (κ1) is 17.1. The summed E-state index contributed by atoms with van der Waals surface area (Å²) >= 11 is 1.67. The Balaban J connectivity index is 2.50. The van der Waals surface area contributed by atoms with Gasteiger partial charge in [-0.25, -0.2) is 4.79 Å². The monoisotopic (exact) mass is 304 g/mol. The van der Waals surface area contributed by atoms with Crippen molar-refractivity contribution in [3.05, 3.63) is 66.1 Å². The standard InChI is InChI=1S/C16H20N2O2S/c1-3-5-15(4-2)21-12-13-6-8-14(9-7-13)20-16(19)18-11-10-17/h3-9H,1-2,10-12,17H2,(H,18,19)/b15-5+. The quantitative estimate of drug-likeness (QED) is 0.724. The molecule has 0 radical (unpaired) electrons. The first-order valence-electron chi connectivity index (χ1n) is 6.52. The molecule has 0 aromatic heterocycles. The summed E-state index contributed by atoms with van der Waals surface area (Å²) < 4.78 is 5.10. The second-order valence-electron chi connectivity index (χ2n) is 4.05. The summed E-state index contributed by atoms with van der Waals surface area (Å²) in [5, 5.41) is 2.54. The third-order valence-corrected chi connectivity index (χ3v) is 3.55. The van der Waals surface area contributed by atoms with E-state index in [0.29, 0.717) is 18.8 Å². The Labute approximate surface area is 129 Å². The summed E-state index contributed by atoms with van der Waals surface area (Å²) in [5.41, 5.74) is 6.42. The van der Waals surface area contributed by atoms with Crippen LogP contribution in [0.2, 0.25) is 0 Å². The summed E-state index contributed by atoms with van der Waals surface area (Å²) in [5.74, 6) is 1.31. The van der Waals surface area contributed by atoms with Gasteiger partial charge in [-0.05, 0) is 23.8 Å². The van der Waals surface area contributed by atoms with Gasteiger partial charge < -0.3 is 15.8 Å². The Morgan fingerprint density at radius 1 is 1.33 bits per heavy atom. The van der Waals surface area contributed by atoms with Gasteiger partial charge in [-0.15, -0.1) is 11.8 Å². The largest absolute Gasteiger partial charge is 0.412 e. The van der Waals surface area contributed by atoms with Crippen LogP contribution in [-0.2, 0) is 5.75 Å². The Kier molecular flexibility index (Phi) is 8.01. The molecular weight excluding hydrogens is 284 g/mol. The minimum absolute atomic E-state index is 0.384. The number of hydrogen-bond acceptors (Lipinski definition) is 4. The number of carbonyl (C=O) groups is 1. The van der Waals surface area contributed by atoms with E-state index < -0.39 is 6.09 Å². The Morgan fingerprint density at radius 3 is 2.62 bits per heavy atom. The fourth-order valence-corrected chi connectivity index (χ4v) is 2.27. The molecule has 0 aliphatic heterocycles. The molecule has 1 rings (SSSR count). The SMILES string of the molecule is C=C/C=C(\C=C)SCc1ccc(OC(=O)NCCN)cc1. The third kappa shape index (κ3) is 6.83. The van der Waals surface area contributed by atoms with Gasteiger partial charge in [0.25, 0.3) is 0 Å². The zero-order chi connectivity index (χ0) is 15.5. The number of rotatable bonds is 8. The van der Waals surface area contributed by atoms with Gasteiger partial charge in [-0.2, -0.15) is 0 Å². The van der Waals surface area contributed by atoms with Crippen molar-refractivity contribution in [3.8, 4) is 5.75 Å². The number of nitrogens with one attached hydrogen (secondary N) is 1. The van der Waals surface area contributed by atoms with Gasteiger partial charge in [0.15, 0.2) is 0 Å². The van der Waals surface area contributed by atoms with Gasteiger partial charge in [0, 0.05) is 23.7 Å². The third-order valence-electron chi connectivity index (χ3n) is 2.44. The Morgan fingerprint density at radius 2 is 2.05 bits per heavy atom. The molecule has 0 bridgehead atoms. The van der Waals surface area contributed by atoms with E-state index in [2.05, 4.69) is 18.5 Å². The van der Waals surface area contributed by atoms with E-state index >= 15 is 0 Å². The van der Waals surface area contributed by atoms with E-state index in [4.69, 9.17) is 10.5 Å². The van der Waals surface area contributed by atoms with E-state index in [1.807, 2.05) is 18.2 Å². The number of amides is 1. The van der Waals surface area contributed by atoms with Crippen LogP contribution < -0.4 is 15.8 Å². The summed E-state index contributed by atoms with van der Waals surface area (Å²) in [6.45, 7) is 8.20. The molecule has 0 aliphatic rings. The van der Waals surface area contributed by atoms with Crippen molar-refractivity contribution in [1.29, 1.82) is 0 Å². The highest BCUT2D eigenvalue weighted by Crippen LogP contribution is 2.23. The summed E-state index contributed by atoms with van der Waals surface area (Å²) in [6.07, 6.45) is 4.95. The average molecular weight is 304 g/mol. The number of benzene rings is 1. The second kappa shape index (κ2) is 9.85. The number of carbonyl (C=O) groups excluding carboxylic acids is 1. The van der Waals surface area contributed by atoms with Gasteiger partial charge in [0.05, 0.1) is 0 Å². The fraction of sp³-hybridized carbons (Fsp3) is 0.188. The van der Waals surface area contributed by atoms with Crippen molar-refractivity contribution in [1.82, 2.24) is 5.32 Å². The normalized spacial score (nSPS) is 10.8. The van der Waals surface area contributed by atoms with E-state index in [-0.39, 0.29) is 0 Å². The predicted octanol–water partition coefficient (Wildman–Crippen LogP) is 3.22. The first-order valence-corrected chi connectivity index (χ1v) is 7.50. The van der Waals surface area contributed by atoms with Crippen LogP contribution in [0.25, 0.3) is 0 Å². The highest BCUT2D eigenvalue weighted by atomic mass is 32.2. The summed E-state index contributed by atoms with van der Waals surface area (Å²) in [6, 6.07) is 7.38. The van der Waals surface area contributed by atoms with Crippen LogP contribution in [0.4, 0.5) is 4.79 Å². The summed E-state index contributed by atoms with van der Waals surface area (Å²) in [4.78, 5) is 12.4. The molecule has 0 aliphatic carbocycles.